The first kappa shape index (κ1) is 18.4. The number of hydrogen-bond donors (Lipinski definition) is 1. The first-order valence-corrected chi connectivity index (χ1v) is 11.1. The number of benzene rings is 2. The fourth-order valence-corrected chi connectivity index (χ4v) is 4.71. The lowest BCUT2D eigenvalue weighted by molar-refractivity contribution is -0.131. The summed E-state index contributed by atoms with van der Waals surface area (Å²) in [5.41, 5.74) is 4.60. The van der Waals surface area contributed by atoms with Crippen molar-refractivity contribution >= 4 is 16.8 Å². The van der Waals surface area contributed by atoms with Crippen LogP contribution in [-0.2, 0) is 11.3 Å². The minimum absolute atomic E-state index is 0.306. The van der Waals surface area contributed by atoms with Crippen LogP contribution < -0.4 is 0 Å². The average Bonchev–Trinajstić information content (AvgIpc) is 3.17. The maximum atomic E-state index is 12.3. The Labute approximate surface area is 180 Å². The van der Waals surface area contributed by atoms with Gasteiger partial charge in [0.1, 0.15) is 6.33 Å². The first-order valence-electron chi connectivity index (χ1n) is 11.1. The Morgan fingerprint density at radius 1 is 1.00 bits per heavy atom. The van der Waals surface area contributed by atoms with Gasteiger partial charge in [-0.15, -0.1) is 10.2 Å². The highest BCUT2D eigenvalue weighted by atomic mass is 16.2. The third-order valence-corrected chi connectivity index (χ3v) is 6.62. The second-order valence-electron chi connectivity index (χ2n) is 8.88. The zero-order chi connectivity index (χ0) is 20.8. The number of fused-ring (bicyclic) bond motifs is 1. The van der Waals surface area contributed by atoms with Crippen molar-refractivity contribution in [3.8, 4) is 22.5 Å². The number of likely N-dealkylation sites (tertiary alicyclic amines) is 1. The Balaban J connectivity index is 1.18. The smallest absolute Gasteiger partial charge is 0.225 e. The maximum Gasteiger partial charge on any atom is 0.225 e. The van der Waals surface area contributed by atoms with E-state index >= 15 is 0 Å². The van der Waals surface area contributed by atoms with Crippen LogP contribution in [0.3, 0.4) is 0 Å². The fraction of sp³-hybridized carbons (Fsp3) is 0.320. The predicted octanol–water partition coefficient (Wildman–Crippen LogP) is 4.35. The summed E-state index contributed by atoms with van der Waals surface area (Å²) >= 11 is 0. The van der Waals surface area contributed by atoms with Gasteiger partial charge >= 0.3 is 0 Å². The molecule has 1 aliphatic heterocycles. The molecular weight excluding hydrogens is 386 g/mol. The molecule has 1 saturated carbocycles. The molecule has 1 atom stereocenters. The van der Waals surface area contributed by atoms with Gasteiger partial charge in [0.25, 0.3) is 0 Å². The van der Waals surface area contributed by atoms with E-state index in [1.165, 1.54) is 16.5 Å². The van der Waals surface area contributed by atoms with Gasteiger partial charge in [0.15, 0.2) is 5.82 Å². The topological polar surface area (TPSA) is 66.8 Å². The SMILES string of the molecule is O=C(C1CC1)N1CCC(Cn2cnnc2-c2ccc(-c3ccc4[nH]ccc4c3)cc2)C1. The Morgan fingerprint density at radius 2 is 1.81 bits per heavy atom. The van der Waals surface area contributed by atoms with E-state index in [9.17, 15) is 4.79 Å². The number of nitrogens with one attached hydrogen (secondary N) is 1. The molecule has 1 unspecified atom stereocenters. The zero-order valence-corrected chi connectivity index (χ0v) is 17.4. The highest BCUT2D eigenvalue weighted by Crippen LogP contribution is 2.33. The largest absolute Gasteiger partial charge is 0.361 e. The molecular formula is C25H25N5O. The van der Waals surface area contributed by atoms with Crippen LogP contribution in [0.15, 0.2) is 61.1 Å². The fourth-order valence-electron chi connectivity index (χ4n) is 4.71. The minimum Gasteiger partial charge on any atom is -0.361 e. The molecule has 6 nitrogen and oxygen atoms in total. The summed E-state index contributed by atoms with van der Waals surface area (Å²) in [7, 11) is 0. The summed E-state index contributed by atoms with van der Waals surface area (Å²) in [6.07, 6.45) is 6.98. The highest BCUT2D eigenvalue weighted by Gasteiger charge is 2.36. The third kappa shape index (κ3) is 3.52. The van der Waals surface area contributed by atoms with Crippen molar-refractivity contribution in [2.75, 3.05) is 13.1 Å². The number of rotatable bonds is 5. The third-order valence-electron chi connectivity index (χ3n) is 6.62. The van der Waals surface area contributed by atoms with E-state index in [-0.39, 0.29) is 0 Å². The Bertz CT molecular complexity index is 1230. The van der Waals surface area contributed by atoms with Crippen LogP contribution in [0.2, 0.25) is 0 Å². The summed E-state index contributed by atoms with van der Waals surface area (Å²) in [5.74, 6) is 2.02. The molecule has 4 aromatic rings. The number of H-pyrrole nitrogens is 1. The zero-order valence-electron chi connectivity index (χ0n) is 17.4. The van der Waals surface area contributed by atoms with Gasteiger partial charge in [-0.1, -0.05) is 30.3 Å². The predicted molar refractivity (Wildman–Crippen MR) is 120 cm³/mol. The van der Waals surface area contributed by atoms with Crippen molar-refractivity contribution in [3.63, 3.8) is 0 Å². The van der Waals surface area contributed by atoms with Gasteiger partial charge < -0.3 is 14.5 Å². The number of carbonyl (C=O) groups excluding carboxylic acids is 1. The lowest BCUT2D eigenvalue weighted by atomic mass is 10.0. The van der Waals surface area contributed by atoms with Crippen molar-refractivity contribution < 1.29 is 4.79 Å². The van der Waals surface area contributed by atoms with E-state index in [4.69, 9.17) is 0 Å². The van der Waals surface area contributed by atoms with Crippen LogP contribution in [-0.4, -0.2) is 43.6 Å². The van der Waals surface area contributed by atoms with Gasteiger partial charge in [-0.2, -0.15) is 0 Å². The van der Waals surface area contributed by atoms with Gasteiger partial charge in [-0.3, -0.25) is 4.79 Å². The van der Waals surface area contributed by atoms with Crippen LogP contribution in [0.25, 0.3) is 33.4 Å². The molecule has 3 heterocycles. The molecule has 2 fully saturated rings. The van der Waals surface area contributed by atoms with Crippen LogP contribution in [0.1, 0.15) is 19.3 Å². The van der Waals surface area contributed by atoms with Gasteiger partial charge in [0.2, 0.25) is 5.91 Å². The number of hydrogen-bond acceptors (Lipinski definition) is 3. The van der Waals surface area contributed by atoms with E-state index in [1.807, 2.05) is 12.5 Å². The summed E-state index contributed by atoms with van der Waals surface area (Å²) in [4.78, 5) is 17.6. The molecule has 6 heteroatoms. The van der Waals surface area contributed by atoms with Crippen molar-refractivity contribution in [3.05, 3.63) is 61.1 Å². The van der Waals surface area contributed by atoms with Crippen molar-refractivity contribution in [1.29, 1.82) is 0 Å². The molecule has 0 spiro atoms. The number of aromatic amines is 1. The maximum absolute atomic E-state index is 12.3. The van der Waals surface area contributed by atoms with Crippen LogP contribution in [0, 0.1) is 11.8 Å². The van der Waals surface area contributed by atoms with Gasteiger partial charge in [-0.25, -0.2) is 0 Å². The van der Waals surface area contributed by atoms with Gasteiger partial charge in [-0.05, 0) is 59.9 Å². The summed E-state index contributed by atoms with van der Waals surface area (Å²) in [6.45, 7) is 2.59. The quantitative estimate of drug-likeness (QED) is 0.531. The lowest BCUT2D eigenvalue weighted by Gasteiger charge is -2.17. The Hall–Kier alpha value is -3.41. The molecule has 1 N–H and O–H groups in total. The average molecular weight is 412 g/mol. The molecule has 2 aromatic heterocycles. The van der Waals surface area contributed by atoms with Gasteiger partial charge in [0.05, 0.1) is 0 Å². The summed E-state index contributed by atoms with van der Waals surface area (Å²) in [5, 5.41) is 9.77. The molecule has 31 heavy (non-hydrogen) atoms. The van der Waals surface area contributed by atoms with E-state index in [1.54, 1.807) is 0 Å². The molecule has 156 valence electrons. The van der Waals surface area contributed by atoms with Crippen LogP contribution >= 0.6 is 0 Å². The van der Waals surface area contributed by atoms with Crippen LogP contribution in [0.5, 0.6) is 0 Å². The van der Waals surface area contributed by atoms with Crippen molar-refractivity contribution in [2.24, 2.45) is 11.8 Å². The van der Waals surface area contributed by atoms with Crippen molar-refractivity contribution in [1.82, 2.24) is 24.6 Å². The molecule has 6 rings (SSSR count). The Kier molecular flexibility index (Phi) is 4.37. The van der Waals surface area contributed by atoms with Crippen LogP contribution in [0.4, 0.5) is 0 Å². The van der Waals surface area contributed by atoms with E-state index in [2.05, 4.69) is 73.2 Å². The molecule has 2 aromatic carbocycles. The standard InChI is InChI=1S/C25H25N5O/c31-25(20-5-6-20)29-12-10-17(14-29)15-30-16-27-28-24(30)19-3-1-18(2-4-19)21-7-8-23-22(13-21)9-11-26-23/h1-4,7-9,11,13,16-17,20,26H,5-6,10,12,14-15H2. The molecule has 1 saturated heterocycles. The van der Waals surface area contributed by atoms with Gasteiger partial charge in [0, 0.05) is 42.8 Å². The van der Waals surface area contributed by atoms with Crippen molar-refractivity contribution in [2.45, 2.75) is 25.8 Å². The summed E-state index contributed by atoms with van der Waals surface area (Å²) < 4.78 is 2.14. The molecule has 1 amide bonds. The lowest BCUT2D eigenvalue weighted by Crippen LogP contribution is -2.30. The number of amides is 1. The normalized spacial score (nSPS) is 18.7. The van der Waals surface area contributed by atoms with E-state index in [0.29, 0.717) is 17.7 Å². The second-order valence-corrected chi connectivity index (χ2v) is 8.88. The minimum atomic E-state index is 0.306. The second kappa shape index (κ2) is 7.38. The number of carbonyl (C=O) groups is 1. The van der Waals surface area contributed by atoms with E-state index < -0.39 is 0 Å². The number of aromatic nitrogens is 4. The monoisotopic (exact) mass is 411 g/mol. The number of nitrogens with zero attached hydrogens (tertiary/aromatic N) is 4. The molecule has 0 bridgehead atoms. The molecule has 0 radical (unpaired) electrons. The highest BCUT2D eigenvalue weighted by molar-refractivity contribution is 5.85. The summed E-state index contributed by atoms with van der Waals surface area (Å²) in [6, 6.07) is 17.1. The molecule has 2 aliphatic rings. The molecule has 1 aliphatic carbocycles. The Morgan fingerprint density at radius 3 is 2.65 bits per heavy atom. The van der Waals surface area contributed by atoms with E-state index in [0.717, 1.165) is 55.8 Å². The first-order chi connectivity index (χ1) is 15.2.